The third-order valence-electron chi connectivity index (χ3n) is 7.05. The predicted octanol–water partition coefficient (Wildman–Crippen LogP) is 6.03. The summed E-state index contributed by atoms with van der Waals surface area (Å²) in [5.41, 5.74) is 8.56. The topological polar surface area (TPSA) is 99.7 Å². The van der Waals surface area contributed by atoms with Crippen LogP contribution in [0.3, 0.4) is 0 Å². The van der Waals surface area contributed by atoms with Gasteiger partial charge in [0.15, 0.2) is 0 Å². The first kappa shape index (κ1) is 28.6. The Balaban J connectivity index is 1.77. The lowest BCUT2D eigenvalue weighted by Gasteiger charge is -2.32. The summed E-state index contributed by atoms with van der Waals surface area (Å²) in [5, 5.41) is 5.33. The van der Waals surface area contributed by atoms with Gasteiger partial charge in [0, 0.05) is 30.6 Å². The molecule has 0 bridgehead atoms. The van der Waals surface area contributed by atoms with E-state index in [4.69, 9.17) is 15.2 Å². The molecule has 1 aliphatic heterocycles. The van der Waals surface area contributed by atoms with Crippen LogP contribution in [0, 0.1) is 0 Å². The van der Waals surface area contributed by atoms with Gasteiger partial charge < -0.3 is 20.1 Å². The fraction of sp³-hybridized carbons (Fsp3) is 0.516. The summed E-state index contributed by atoms with van der Waals surface area (Å²) in [4.78, 5) is 28.3. The average molecular weight is 535 g/mol. The Bertz CT molecular complexity index is 1340. The zero-order chi connectivity index (χ0) is 28.6. The van der Waals surface area contributed by atoms with Crippen molar-refractivity contribution in [2.24, 2.45) is 5.73 Å². The Labute approximate surface area is 231 Å². The number of carbonyl (C=O) groups excluding carboxylic acids is 2. The molecule has 210 valence electrons. The lowest BCUT2D eigenvalue weighted by molar-refractivity contribution is -0.161. The van der Waals surface area contributed by atoms with Crippen LogP contribution < -0.4 is 10.6 Å². The molecule has 0 radical (unpaired) electrons. The highest BCUT2D eigenvalue weighted by Crippen LogP contribution is 2.40. The lowest BCUT2D eigenvalue weighted by Crippen LogP contribution is -2.44. The van der Waals surface area contributed by atoms with E-state index in [1.165, 1.54) is 11.1 Å². The van der Waals surface area contributed by atoms with Gasteiger partial charge in [-0.3, -0.25) is 4.79 Å². The number of fused-ring (bicyclic) bond motifs is 1. The molecule has 1 aliphatic rings. The highest BCUT2D eigenvalue weighted by Gasteiger charge is 2.38. The van der Waals surface area contributed by atoms with Crippen molar-refractivity contribution < 1.29 is 19.1 Å². The number of aromatic nitrogens is 2. The average Bonchev–Trinajstić information content (AvgIpc) is 3.31. The van der Waals surface area contributed by atoms with Crippen molar-refractivity contribution in [2.45, 2.75) is 84.3 Å². The molecule has 0 saturated carbocycles. The van der Waals surface area contributed by atoms with Gasteiger partial charge in [0.2, 0.25) is 0 Å². The smallest absolute Gasteiger partial charge is 0.435 e. The number of nitrogens with zero attached hydrogens (tertiary/aromatic N) is 3. The maximum atomic E-state index is 13.1. The van der Waals surface area contributed by atoms with Crippen molar-refractivity contribution >= 4 is 28.7 Å². The fourth-order valence-electron chi connectivity index (χ4n) is 4.96. The largest absolute Gasteiger partial charge is 0.459 e. The molecule has 8 heteroatoms. The van der Waals surface area contributed by atoms with Crippen LogP contribution in [-0.4, -0.2) is 52.7 Å². The molecule has 1 fully saturated rings. The zero-order valence-electron chi connectivity index (χ0n) is 24.3. The van der Waals surface area contributed by atoms with Gasteiger partial charge in [-0.05, 0) is 84.9 Å². The fourth-order valence-corrected chi connectivity index (χ4v) is 4.96. The summed E-state index contributed by atoms with van der Waals surface area (Å²) in [5.74, 6) is -0.338. The lowest BCUT2D eigenvalue weighted by atomic mass is 9.81. The molecule has 1 aromatic heterocycles. The third-order valence-corrected chi connectivity index (χ3v) is 7.05. The predicted molar refractivity (Wildman–Crippen MR) is 155 cm³/mol. The molecule has 2 N–H and O–H groups in total. The van der Waals surface area contributed by atoms with Crippen molar-refractivity contribution in [3.63, 3.8) is 0 Å². The molecule has 39 heavy (non-hydrogen) atoms. The number of rotatable bonds is 5. The maximum absolute atomic E-state index is 13.1. The van der Waals surface area contributed by atoms with Crippen LogP contribution in [-0.2, 0) is 19.7 Å². The van der Waals surface area contributed by atoms with Crippen LogP contribution in [0.5, 0.6) is 0 Å². The van der Waals surface area contributed by atoms with Gasteiger partial charge in [-0.15, -0.1) is 0 Å². The summed E-state index contributed by atoms with van der Waals surface area (Å²) in [6.07, 6.45) is 4.69. The number of benzene rings is 2. The van der Waals surface area contributed by atoms with Gasteiger partial charge in [0.25, 0.3) is 0 Å². The maximum Gasteiger partial charge on any atom is 0.435 e. The SMILES string of the molecule is CC(C)(C)OC(=O)n1ncc2c(N3CCCCC3)c(-c3ccc(C(C)(CN)C(=O)OC(C)(C)C)cc3)ccc21. The molecule has 0 amide bonds. The summed E-state index contributed by atoms with van der Waals surface area (Å²) in [6, 6.07) is 11.9. The standard InChI is InChI=1S/C31H42N4O4/c1-29(2,3)38-27(36)31(7,20-32)22-13-11-21(12-14-22)23-15-16-25-24(26(23)34-17-9-8-10-18-34)19-33-35(25)28(37)39-30(4,5)6/h11-16,19H,8-10,17-18,20,32H2,1-7H3. The van der Waals surface area contributed by atoms with Crippen LogP contribution in [0.25, 0.3) is 22.0 Å². The van der Waals surface area contributed by atoms with Crippen LogP contribution in [0.1, 0.15) is 73.3 Å². The Morgan fingerprint density at radius 3 is 2.05 bits per heavy atom. The van der Waals surface area contributed by atoms with Gasteiger partial charge in [0.1, 0.15) is 16.6 Å². The van der Waals surface area contributed by atoms with Crippen LogP contribution >= 0.6 is 0 Å². The summed E-state index contributed by atoms with van der Waals surface area (Å²) < 4.78 is 12.6. The molecule has 2 heterocycles. The van der Waals surface area contributed by atoms with E-state index in [1.54, 1.807) is 6.20 Å². The second-order valence-electron chi connectivity index (χ2n) is 12.6. The molecule has 8 nitrogen and oxygen atoms in total. The summed E-state index contributed by atoms with van der Waals surface area (Å²) in [7, 11) is 0. The van der Waals surface area contributed by atoms with E-state index >= 15 is 0 Å². The van der Waals surface area contributed by atoms with E-state index in [1.807, 2.05) is 84.9 Å². The first-order chi connectivity index (χ1) is 18.2. The number of ether oxygens (including phenoxy) is 2. The first-order valence-electron chi connectivity index (χ1n) is 13.8. The molecule has 1 unspecified atom stereocenters. The molecular formula is C31H42N4O4. The zero-order valence-corrected chi connectivity index (χ0v) is 24.3. The number of esters is 1. The van der Waals surface area contributed by atoms with Crippen LogP contribution in [0.4, 0.5) is 10.5 Å². The minimum absolute atomic E-state index is 0.135. The molecule has 0 spiro atoms. The van der Waals surface area contributed by atoms with Gasteiger partial charge in [-0.2, -0.15) is 9.78 Å². The summed E-state index contributed by atoms with van der Waals surface area (Å²) >= 11 is 0. The number of piperidine rings is 1. The van der Waals surface area contributed by atoms with Crippen LogP contribution in [0.2, 0.25) is 0 Å². The highest BCUT2D eigenvalue weighted by molar-refractivity contribution is 6.03. The number of nitrogens with two attached hydrogens (primary N) is 1. The molecule has 1 atom stereocenters. The Morgan fingerprint density at radius 2 is 1.49 bits per heavy atom. The monoisotopic (exact) mass is 534 g/mol. The minimum atomic E-state index is -0.958. The van der Waals surface area contributed by atoms with Crippen LogP contribution in [0.15, 0.2) is 42.6 Å². The van der Waals surface area contributed by atoms with E-state index in [9.17, 15) is 9.59 Å². The van der Waals surface area contributed by atoms with E-state index in [0.717, 1.165) is 53.7 Å². The van der Waals surface area contributed by atoms with Crippen molar-refractivity contribution in [3.8, 4) is 11.1 Å². The minimum Gasteiger partial charge on any atom is -0.459 e. The van der Waals surface area contributed by atoms with Crippen molar-refractivity contribution in [1.29, 1.82) is 0 Å². The molecular weight excluding hydrogens is 492 g/mol. The third kappa shape index (κ3) is 6.11. The molecule has 3 aromatic rings. The second-order valence-corrected chi connectivity index (χ2v) is 12.6. The van der Waals surface area contributed by atoms with Crippen molar-refractivity contribution in [2.75, 3.05) is 24.5 Å². The van der Waals surface area contributed by atoms with Gasteiger partial charge in [-0.25, -0.2) is 4.79 Å². The van der Waals surface area contributed by atoms with E-state index in [-0.39, 0.29) is 12.5 Å². The molecule has 4 rings (SSSR count). The number of hydrogen-bond acceptors (Lipinski definition) is 7. The number of carbonyl (C=O) groups is 2. The molecule has 2 aromatic carbocycles. The number of anilines is 1. The normalized spacial score (nSPS) is 16.2. The molecule has 1 saturated heterocycles. The summed E-state index contributed by atoms with van der Waals surface area (Å²) in [6.45, 7) is 14.9. The van der Waals surface area contributed by atoms with E-state index in [0.29, 0.717) is 5.52 Å². The second kappa shape index (κ2) is 10.6. The van der Waals surface area contributed by atoms with Crippen molar-refractivity contribution in [1.82, 2.24) is 9.78 Å². The Kier molecular flexibility index (Phi) is 7.81. The first-order valence-corrected chi connectivity index (χ1v) is 13.8. The van der Waals surface area contributed by atoms with E-state index in [2.05, 4.69) is 10.00 Å². The van der Waals surface area contributed by atoms with E-state index < -0.39 is 22.7 Å². The number of hydrogen-bond donors (Lipinski definition) is 1. The Morgan fingerprint density at radius 1 is 0.872 bits per heavy atom. The van der Waals surface area contributed by atoms with Gasteiger partial charge in [-0.1, -0.05) is 30.3 Å². The highest BCUT2D eigenvalue weighted by atomic mass is 16.6. The molecule has 0 aliphatic carbocycles. The Hall–Kier alpha value is -3.39. The van der Waals surface area contributed by atoms with Gasteiger partial charge in [0.05, 0.1) is 17.4 Å². The van der Waals surface area contributed by atoms with Gasteiger partial charge >= 0.3 is 12.1 Å². The van der Waals surface area contributed by atoms with Crippen molar-refractivity contribution in [3.05, 3.63) is 48.2 Å². The quantitative estimate of drug-likeness (QED) is 0.399.